The van der Waals surface area contributed by atoms with Gasteiger partial charge in [-0.3, -0.25) is 0 Å². The summed E-state index contributed by atoms with van der Waals surface area (Å²) < 4.78 is 0. The lowest BCUT2D eigenvalue weighted by Gasteiger charge is -2.14. The SMILES string of the molecule is CCNC(=NCc1ccsc1)NCc1ccc(N(C)C)cc1. The highest BCUT2D eigenvalue weighted by Gasteiger charge is 2.00. The molecule has 4 nitrogen and oxygen atoms in total. The van der Waals surface area contributed by atoms with Gasteiger partial charge in [-0.15, -0.1) is 0 Å². The van der Waals surface area contributed by atoms with E-state index in [-0.39, 0.29) is 0 Å². The first-order chi connectivity index (χ1) is 10.7. The third kappa shape index (κ3) is 5.07. The third-order valence-electron chi connectivity index (χ3n) is 3.26. The zero-order valence-corrected chi connectivity index (χ0v) is 14.3. The van der Waals surface area contributed by atoms with Crippen LogP contribution in [-0.2, 0) is 13.1 Å². The van der Waals surface area contributed by atoms with Gasteiger partial charge in [0.25, 0.3) is 0 Å². The van der Waals surface area contributed by atoms with E-state index in [1.807, 2.05) is 14.1 Å². The second-order valence-electron chi connectivity index (χ2n) is 5.24. The number of aliphatic imine (C=N–C) groups is 1. The molecule has 0 unspecified atom stereocenters. The van der Waals surface area contributed by atoms with Crippen LogP contribution in [-0.4, -0.2) is 26.6 Å². The number of benzene rings is 1. The molecule has 0 atom stereocenters. The molecule has 2 rings (SSSR count). The molecule has 2 aromatic rings. The van der Waals surface area contributed by atoms with Crippen LogP contribution in [0.15, 0.2) is 46.1 Å². The summed E-state index contributed by atoms with van der Waals surface area (Å²) in [5, 5.41) is 10.9. The molecule has 0 aliphatic carbocycles. The molecule has 2 N–H and O–H groups in total. The molecule has 5 heteroatoms. The second kappa shape index (κ2) is 8.44. The average Bonchev–Trinajstić information content (AvgIpc) is 3.04. The number of nitrogens with one attached hydrogen (secondary N) is 2. The van der Waals surface area contributed by atoms with Crippen molar-refractivity contribution < 1.29 is 0 Å². The highest BCUT2D eigenvalue weighted by Crippen LogP contribution is 2.12. The zero-order chi connectivity index (χ0) is 15.8. The maximum Gasteiger partial charge on any atom is 0.191 e. The van der Waals surface area contributed by atoms with Crippen LogP contribution in [0.5, 0.6) is 0 Å². The predicted octanol–water partition coefficient (Wildman–Crippen LogP) is 3.07. The standard InChI is InChI=1S/C17H24N4S/c1-4-18-17(20-12-15-9-10-22-13-15)19-11-14-5-7-16(8-6-14)21(2)3/h5-10,13H,4,11-12H2,1-3H3,(H2,18,19,20). The molecule has 118 valence electrons. The quantitative estimate of drug-likeness (QED) is 0.635. The van der Waals surface area contributed by atoms with Gasteiger partial charge in [-0.1, -0.05) is 12.1 Å². The summed E-state index contributed by atoms with van der Waals surface area (Å²) in [6.45, 7) is 4.41. The predicted molar refractivity (Wildman–Crippen MR) is 96.7 cm³/mol. The minimum atomic E-state index is 0.707. The minimum absolute atomic E-state index is 0.707. The smallest absolute Gasteiger partial charge is 0.191 e. The summed E-state index contributed by atoms with van der Waals surface area (Å²) in [5.74, 6) is 0.852. The summed E-state index contributed by atoms with van der Waals surface area (Å²) in [5.41, 5.74) is 3.70. The maximum atomic E-state index is 4.61. The molecule has 0 saturated heterocycles. The van der Waals surface area contributed by atoms with Crippen molar-refractivity contribution in [2.24, 2.45) is 4.99 Å². The molecule has 0 fully saturated rings. The summed E-state index contributed by atoms with van der Waals surface area (Å²) >= 11 is 1.70. The number of hydrogen-bond acceptors (Lipinski definition) is 3. The summed E-state index contributed by atoms with van der Waals surface area (Å²) in [6, 6.07) is 10.7. The number of nitrogens with zero attached hydrogens (tertiary/aromatic N) is 2. The number of anilines is 1. The maximum absolute atomic E-state index is 4.61. The van der Waals surface area contributed by atoms with Crippen molar-refractivity contribution in [3.8, 4) is 0 Å². The molecule has 22 heavy (non-hydrogen) atoms. The lowest BCUT2D eigenvalue weighted by Crippen LogP contribution is -2.36. The number of thiophene rings is 1. The highest BCUT2D eigenvalue weighted by molar-refractivity contribution is 7.07. The zero-order valence-electron chi connectivity index (χ0n) is 13.5. The molecule has 0 saturated carbocycles. The summed E-state index contributed by atoms with van der Waals surface area (Å²) in [4.78, 5) is 6.71. The van der Waals surface area contributed by atoms with Crippen LogP contribution in [0.25, 0.3) is 0 Å². The van der Waals surface area contributed by atoms with Crippen LogP contribution in [0.2, 0.25) is 0 Å². The van der Waals surface area contributed by atoms with Gasteiger partial charge in [0.1, 0.15) is 0 Å². The molecule has 0 radical (unpaired) electrons. The molecule has 0 spiro atoms. The van der Waals surface area contributed by atoms with E-state index in [1.54, 1.807) is 11.3 Å². The van der Waals surface area contributed by atoms with E-state index in [0.29, 0.717) is 6.54 Å². The third-order valence-corrected chi connectivity index (χ3v) is 3.99. The molecule has 0 amide bonds. The van der Waals surface area contributed by atoms with Gasteiger partial charge in [0.05, 0.1) is 6.54 Å². The van der Waals surface area contributed by atoms with E-state index in [1.165, 1.54) is 16.8 Å². The Morgan fingerprint density at radius 1 is 1.09 bits per heavy atom. The molecular weight excluding hydrogens is 292 g/mol. The van der Waals surface area contributed by atoms with Gasteiger partial charge in [0, 0.05) is 32.9 Å². The van der Waals surface area contributed by atoms with Crippen molar-refractivity contribution in [3.05, 3.63) is 52.2 Å². The Morgan fingerprint density at radius 2 is 1.86 bits per heavy atom. The number of rotatable bonds is 6. The summed E-state index contributed by atoms with van der Waals surface area (Å²) in [6.07, 6.45) is 0. The van der Waals surface area contributed by atoms with Crippen molar-refractivity contribution >= 4 is 23.0 Å². The van der Waals surface area contributed by atoms with Crippen molar-refractivity contribution in [1.82, 2.24) is 10.6 Å². The first-order valence-corrected chi connectivity index (χ1v) is 8.43. The lowest BCUT2D eigenvalue weighted by molar-refractivity contribution is 0.816. The van der Waals surface area contributed by atoms with Crippen molar-refractivity contribution in [3.63, 3.8) is 0 Å². The highest BCUT2D eigenvalue weighted by atomic mass is 32.1. The number of guanidine groups is 1. The molecule has 0 aliphatic heterocycles. The fraction of sp³-hybridized carbons (Fsp3) is 0.353. The van der Waals surface area contributed by atoms with Crippen molar-refractivity contribution in [1.29, 1.82) is 0 Å². The Balaban J connectivity index is 1.91. The van der Waals surface area contributed by atoms with Crippen LogP contribution in [0.3, 0.4) is 0 Å². The monoisotopic (exact) mass is 316 g/mol. The average molecular weight is 316 g/mol. The fourth-order valence-electron chi connectivity index (χ4n) is 1.99. The topological polar surface area (TPSA) is 39.7 Å². The van der Waals surface area contributed by atoms with Gasteiger partial charge in [-0.2, -0.15) is 11.3 Å². The van der Waals surface area contributed by atoms with Gasteiger partial charge < -0.3 is 15.5 Å². The lowest BCUT2D eigenvalue weighted by atomic mass is 10.2. The minimum Gasteiger partial charge on any atom is -0.378 e. The Morgan fingerprint density at radius 3 is 2.45 bits per heavy atom. The Kier molecular flexibility index (Phi) is 6.27. The largest absolute Gasteiger partial charge is 0.378 e. The van der Waals surface area contributed by atoms with Gasteiger partial charge in [0.2, 0.25) is 0 Å². The molecule has 1 aromatic heterocycles. The van der Waals surface area contributed by atoms with Gasteiger partial charge in [-0.25, -0.2) is 4.99 Å². The van der Waals surface area contributed by atoms with E-state index >= 15 is 0 Å². The molecule has 1 heterocycles. The van der Waals surface area contributed by atoms with Crippen LogP contribution >= 0.6 is 11.3 Å². The second-order valence-corrected chi connectivity index (χ2v) is 6.02. The normalized spacial score (nSPS) is 11.3. The first kappa shape index (κ1) is 16.4. The van der Waals surface area contributed by atoms with Crippen molar-refractivity contribution in [2.75, 3.05) is 25.5 Å². The van der Waals surface area contributed by atoms with Gasteiger partial charge in [0.15, 0.2) is 5.96 Å². The Bertz CT molecular complexity index is 573. The molecular formula is C17H24N4S. The Hall–Kier alpha value is -2.01. The first-order valence-electron chi connectivity index (χ1n) is 7.48. The van der Waals surface area contributed by atoms with E-state index in [0.717, 1.165) is 19.0 Å². The molecule has 0 bridgehead atoms. The fourth-order valence-corrected chi connectivity index (χ4v) is 2.65. The van der Waals surface area contributed by atoms with E-state index < -0.39 is 0 Å². The molecule has 0 aliphatic rings. The molecule has 1 aromatic carbocycles. The van der Waals surface area contributed by atoms with Crippen LogP contribution in [0, 0.1) is 0 Å². The van der Waals surface area contributed by atoms with Crippen LogP contribution in [0.1, 0.15) is 18.1 Å². The van der Waals surface area contributed by atoms with Crippen LogP contribution < -0.4 is 15.5 Å². The number of hydrogen-bond donors (Lipinski definition) is 2. The Labute approximate surface area is 136 Å². The van der Waals surface area contributed by atoms with Gasteiger partial charge in [-0.05, 0) is 47.0 Å². The van der Waals surface area contributed by atoms with Crippen LogP contribution in [0.4, 0.5) is 5.69 Å². The van der Waals surface area contributed by atoms with Gasteiger partial charge >= 0.3 is 0 Å². The van der Waals surface area contributed by atoms with E-state index in [2.05, 4.69) is 68.5 Å². The summed E-state index contributed by atoms with van der Waals surface area (Å²) in [7, 11) is 4.10. The van der Waals surface area contributed by atoms with Crippen molar-refractivity contribution in [2.45, 2.75) is 20.0 Å². The van der Waals surface area contributed by atoms with E-state index in [9.17, 15) is 0 Å². The van der Waals surface area contributed by atoms with E-state index in [4.69, 9.17) is 0 Å².